The zero-order valence-electron chi connectivity index (χ0n) is 13.2. The van der Waals surface area contributed by atoms with Crippen molar-refractivity contribution < 1.29 is 22.0 Å². The van der Waals surface area contributed by atoms with Gasteiger partial charge in [0.1, 0.15) is 0 Å². The topological polar surface area (TPSA) is 0 Å². The van der Waals surface area contributed by atoms with Gasteiger partial charge in [0.15, 0.2) is 0 Å². The zero-order valence-corrected chi connectivity index (χ0v) is 17.9. The number of hydrogen-bond acceptors (Lipinski definition) is 0. The number of benzene rings is 3. The number of hydrogen-bond donors (Lipinski definition) is 0. The van der Waals surface area contributed by atoms with Crippen LogP contribution in [0.5, 0.6) is 0 Å². The van der Waals surface area contributed by atoms with Gasteiger partial charge in [0.05, 0.1) is 10.0 Å². The SMILES string of the molecule is CC1(F)C(F)(F)c2c(c3cc(Br)c(Cl)cc3c3cc(Cl)c(Br)cc23)C1(F)F. The molecule has 0 spiro atoms. The van der Waals surface area contributed by atoms with Gasteiger partial charge in [-0.1, -0.05) is 23.2 Å². The summed E-state index contributed by atoms with van der Waals surface area (Å²) in [4.78, 5) is 0. The molecule has 0 bridgehead atoms. The minimum Gasteiger partial charge on any atom is -0.230 e. The van der Waals surface area contributed by atoms with Crippen LogP contribution in [0.2, 0.25) is 10.0 Å². The van der Waals surface area contributed by atoms with Crippen LogP contribution in [0.3, 0.4) is 0 Å². The number of fused-ring (bicyclic) bond motifs is 6. The average molecular weight is 549 g/mol. The molecule has 0 saturated carbocycles. The molecule has 0 atom stereocenters. The molecule has 1 aliphatic rings. The van der Waals surface area contributed by atoms with Crippen LogP contribution in [0, 0.1) is 0 Å². The third-order valence-electron chi connectivity index (χ3n) is 5.01. The van der Waals surface area contributed by atoms with Crippen LogP contribution >= 0.6 is 55.1 Å². The van der Waals surface area contributed by atoms with E-state index in [1.54, 1.807) is 0 Å². The highest BCUT2D eigenvalue weighted by Crippen LogP contribution is 2.65. The lowest BCUT2D eigenvalue weighted by Gasteiger charge is -2.27. The maximum absolute atomic E-state index is 14.9. The Morgan fingerprint density at radius 1 is 0.667 bits per heavy atom. The van der Waals surface area contributed by atoms with E-state index in [2.05, 4.69) is 31.9 Å². The molecule has 9 heteroatoms. The molecule has 0 aromatic heterocycles. The van der Waals surface area contributed by atoms with Crippen LogP contribution in [-0.2, 0) is 11.8 Å². The third kappa shape index (κ3) is 2.31. The molecule has 0 amide bonds. The van der Waals surface area contributed by atoms with E-state index in [0.717, 1.165) is 0 Å². The molecule has 1 aliphatic carbocycles. The average Bonchev–Trinajstić information content (AvgIpc) is 2.66. The molecule has 0 radical (unpaired) electrons. The Morgan fingerprint density at radius 3 is 1.33 bits per heavy atom. The lowest BCUT2D eigenvalue weighted by atomic mass is 9.92. The molecule has 0 N–H and O–H groups in total. The Morgan fingerprint density at radius 2 is 1.00 bits per heavy atom. The molecule has 4 rings (SSSR count). The summed E-state index contributed by atoms with van der Waals surface area (Å²) < 4.78 is 75.0. The molecule has 0 heterocycles. The lowest BCUT2D eigenvalue weighted by Crippen LogP contribution is -2.44. The van der Waals surface area contributed by atoms with E-state index in [0.29, 0.717) is 0 Å². The summed E-state index contributed by atoms with van der Waals surface area (Å²) in [5.41, 5.74) is -6.17. The molecule has 3 aromatic carbocycles. The normalized spacial score (nSPS) is 19.6. The van der Waals surface area contributed by atoms with Gasteiger partial charge in [-0.05, 0) is 84.6 Å². The van der Waals surface area contributed by atoms with Gasteiger partial charge in [-0.15, -0.1) is 0 Å². The van der Waals surface area contributed by atoms with Crippen molar-refractivity contribution in [3.63, 3.8) is 0 Å². The van der Waals surface area contributed by atoms with Crippen LogP contribution in [0.25, 0.3) is 21.5 Å². The second-order valence-corrected chi connectivity index (χ2v) is 9.05. The van der Waals surface area contributed by atoms with E-state index in [4.69, 9.17) is 23.2 Å². The van der Waals surface area contributed by atoms with Gasteiger partial charge in [0.25, 0.3) is 0 Å². The van der Waals surface area contributed by atoms with E-state index in [1.165, 1.54) is 24.3 Å². The predicted octanol–water partition coefficient (Wildman–Crippen LogP) is 8.75. The summed E-state index contributed by atoms with van der Waals surface area (Å²) in [6, 6.07) is 5.15. The Bertz CT molecular complexity index is 1070. The van der Waals surface area contributed by atoms with E-state index >= 15 is 0 Å². The Balaban J connectivity index is 2.39. The van der Waals surface area contributed by atoms with Crippen LogP contribution in [0.1, 0.15) is 18.1 Å². The van der Waals surface area contributed by atoms with Crippen LogP contribution in [-0.4, -0.2) is 5.67 Å². The summed E-state index contributed by atoms with van der Waals surface area (Å²) in [6.45, 7) is 0.223. The molecule has 0 nitrogen and oxygen atoms in total. The molecular formula is C18H7Br2Cl2F5. The van der Waals surface area contributed by atoms with Gasteiger partial charge in [0.2, 0.25) is 5.67 Å². The highest BCUT2D eigenvalue weighted by Gasteiger charge is 2.75. The standard InChI is InChI=1S/C18H7Br2Cl2F5/c1-16(23)17(24,25)14-8-2-10(19)12(21)4-6(8)7-5-13(22)11(20)3-9(7)15(14)18(16,26)27/h2-5H,1H3. The summed E-state index contributed by atoms with van der Waals surface area (Å²) in [7, 11) is 0. The number of rotatable bonds is 0. The van der Waals surface area contributed by atoms with Gasteiger partial charge in [-0.3, -0.25) is 0 Å². The fraction of sp³-hybridized carbons (Fsp3) is 0.222. The van der Waals surface area contributed by atoms with E-state index in [1.807, 2.05) is 0 Å². The molecule has 0 unspecified atom stereocenters. The Kier molecular flexibility index (Phi) is 4.16. The van der Waals surface area contributed by atoms with Crippen molar-refractivity contribution in [2.24, 2.45) is 0 Å². The van der Waals surface area contributed by atoms with Crippen molar-refractivity contribution in [3.8, 4) is 0 Å². The van der Waals surface area contributed by atoms with Gasteiger partial charge in [-0.25, -0.2) is 4.39 Å². The molecule has 0 saturated heterocycles. The van der Waals surface area contributed by atoms with Crippen molar-refractivity contribution in [2.75, 3.05) is 0 Å². The zero-order chi connectivity index (χ0) is 20.1. The molecule has 27 heavy (non-hydrogen) atoms. The van der Waals surface area contributed by atoms with Gasteiger partial charge in [-0.2, -0.15) is 17.6 Å². The van der Waals surface area contributed by atoms with Gasteiger partial charge < -0.3 is 0 Å². The number of alkyl halides is 5. The number of halogens is 9. The van der Waals surface area contributed by atoms with Crippen LogP contribution in [0.4, 0.5) is 22.0 Å². The molecule has 3 aromatic rings. The van der Waals surface area contributed by atoms with E-state index < -0.39 is 28.6 Å². The maximum atomic E-state index is 14.9. The van der Waals surface area contributed by atoms with Crippen molar-refractivity contribution in [2.45, 2.75) is 24.4 Å². The first-order valence-electron chi connectivity index (χ1n) is 7.51. The van der Waals surface area contributed by atoms with Gasteiger partial charge >= 0.3 is 11.8 Å². The minimum atomic E-state index is -4.42. The van der Waals surface area contributed by atoms with Gasteiger partial charge in [0, 0.05) is 20.1 Å². The quantitative estimate of drug-likeness (QED) is 0.195. The fourth-order valence-corrected chi connectivity index (χ4v) is 4.56. The van der Waals surface area contributed by atoms with E-state index in [9.17, 15) is 22.0 Å². The summed E-state index contributed by atoms with van der Waals surface area (Å²) in [6.07, 6.45) is 0. The van der Waals surface area contributed by atoms with Crippen molar-refractivity contribution in [1.82, 2.24) is 0 Å². The maximum Gasteiger partial charge on any atom is 0.313 e. The first-order chi connectivity index (χ1) is 12.3. The summed E-state index contributed by atoms with van der Waals surface area (Å²) in [5.74, 6) is -8.84. The first kappa shape index (κ1) is 19.7. The molecular weight excluding hydrogens is 542 g/mol. The third-order valence-corrected chi connectivity index (χ3v) is 7.40. The highest BCUT2D eigenvalue weighted by molar-refractivity contribution is 9.10. The second kappa shape index (κ2) is 5.71. The van der Waals surface area contributed by atoms with E-state index in [-0.39, 0.29) is 47.5 Å². The van der Waals surface area contributed by atoms with Crippen molar-refractivity contribution in [3.05, 3.63) is 54.4 Å². The lowest BCUT2D eigenvalue weighted by molar-refractivity contribution is -0.228. The summed E-state index contributed by atoms with van der Waals surface area (Å²) >= 11 is 18.4. The first-order valence-corrected chi connectivity index (χ1v) is 9.85. The predicted molar refractivity (Wildman–Crippen MR) is 104 cm³/mol. The second-order valence-electron chi connectivity index (χ2n) is 6.53. The highest BCUT2D eigenvalue weighted by atomic mass is 79.9. The summed E-state index contributed by atoms with van der Waals surface area (Å²) in [5, 5.41) is 0.327. The largest absolute Gasteiger partial charge is 0.313 e. The minimum absolute atomic E-state index is 0.180. The van der Waals surface area contributed by atoms with Crippen LogP contribution < -0.4 is 0 Å². The van der Waals surface area contributed by atoms with Crippen molar-refractivity contribution in [1.29, 1.82) is 0 Å². The van der Waals surface area contributed by atoms with Crippen molar-refractivity contribution >= 4 is 76.6 Å². The monoisotopic (exact) mass is 546 g/mol. The molecule has 142 valence electrons. The smallest absolute Gasteiger partial charge is 0.230 e. The molecule has 0 fully saturated rings. The fourth-order valence-electron chi connectivity index (χ4n) is 3.54. The Labute approximate surface area is 176 Å². The molecule has 0 aliphatic heterocycles. The Hall–Kier alpha value is -0.630. The van der Waals surface area contributed by atoms with Crippen LogP contribution in [0.15, 0.2) is 33.2 Å².